The first-order valence-electron chi connectivity index (χ1n) is 5.65. The first-order valence-corrected chi connectivity index (χ1v) is 5.65. The van der Waals surface area contributed by atoms with Crippen LogP contribution in [-0.2, 0) is 13.5 Å². The van der Waals surface area contributed by atoms with E-state index in [1.54, 1.807) is 9.36 Å². The van der Waals surface area contributed by atoms with Gasteiger partial charge in [0.2, 0.25) is 0 Å². The second-order valence-electron chi connectivity index (χ2n) is 4.04. The Morgan fingerprint density at radius 3 is 2.61 bits per heavy atom. The van der Waals surface area contributed by atoms with Crippen LogP contribution < -0.4 is 5.56 Å². The number of hydrogen-bond acceptors (Lipinski definition) is 3. The van der Waals surface area contributed by atoms with E-state index in [1.165, 1.54) is 6.21 Å². The lowest BCUT2D eigenvalue weighted by atomic mass is 10.2. The quantitative estimate of drug-likeness (QED) is 0.506. The van der Waals surface area contributed by atoms with E-state index in [0.29, 0.717) is 12.0 Å². The molecule has 0 aliphatic carbocycles. The van der Waals surface area contributed by atoms with Crippen molar-refractivity contribution in [2.24, 2.45) is 12.2 Å². The van der Waals surface area contributed by atoms with E-state index in [1.807, 2.05) is 44.3 Å². The predicted molar refractivity (Wildman–Crippen MR) is 69.7 cm³/mol. The Balaban J connectivity index is 2.60. The normalized spacial score (nSPS) is 11.2. The molecule has 5 heteroatoms. The van der Waals surface area contributed by atoms with Crippen LogP contribution in [0, 0.1) is 6.92 Å². The lowest BCUT2D eigenvalue weighted by molar-refractivity contribution is 0.321. The summed E-state index contributed by atoms with van der Waals surface area (Å²) in [5.74, 6) is 0. The van der Waals surface area contributed by atoms with Gasteiger partial charge in [0, 0.05) is 30.9 Å². The molecule has 0 radical (unpaired) electrons. The number of para-hydroxylation sites is 1. The average molecular weight is 245 g/mol. The van der Waals surface area contributed by atoms with Crippen molar-refractivity contribution < 1.29 is 5.21 Å². The number of benzene rings is 1. The van der Waals surface area contributed by atoms with Gasteiger partial charge in [0.05, 0.1) is 5.69 Å². The fraction of sp³-hybridized carbons (Fsp3) is 0.231. The molecule has 94 valence electrons. The summed E-state index contributed by atoms with van der Waals surface area (Å²) in [6.45, 7) is 1.88. The standard InChI is InChI=1S/C13H15N3O2/c1-10-12(8-9-14-18)13(17)16(15(10)2)11-6-4-3-5-7-11/h3-7,9,18H,8H2,1-2H3. The average Bonchev–Trinajstić information content (AvgIpc) is 2.60. The highest BCUT2D eigenvalue weighted by molar-refractivity contribution is 5.61. The SMILES string of the molecule is Cc1c(CC=NO)c(=O)n(-c2ccccc2)n1C. The van der Waals surface area contributed by atoms with Crippen LogP contribution in [0.1, 0.15) is 11.3 Å². The molecule has 0 saturated heterocycles. The van der Waals surface area contributed by atoms with Crippen molar-refractivity contribution in [1.29, 1.82) is 0 Å². The third-order valence-corrected chi connectivity index (χ3v) is 3.05. The van der Waals surface area contributed by atoms with E-state index in [4.69, 9.17) is 5.21 Å². The molecule has 0 amide bonds. The Morgan fingerprint density at radius 2 is 2.00 bits per heavy atom. The zero-order valence-electron chi connectivity index (χ0n) is 10.4. The molecule has 0 bridgehead atoms. The van der Waals surface area contributed by atoms with Crippen molar-refractivity contribution in [1.82, 2.24) is 9.36 Å². The summed E-state index contributed by atoms with van der Waals surface area (Å²) in [7, 11) is 1.84. The van der Waals surface area contributed by atoms with Gasteiger partial charge in [-0.05, 0) is 19.1 Å². The number of aromatic nitrogens is 2. The molecule has 0 spiro atoms. The van der Waals surface area contributed by atoms with Gasteiger partial charge in [-0.15, -0.1) is 5.16 Å². The van der Waals surface area contributed by atoms with Gasteiger partial charge in [0.25, 0.3) is 5.56 Å². The number of hydrogen-bond donors (Lipinski definition) is 1. The van der Waals surface area contributed by atoms with Crippen LogP contribution in [0.3, 0.4) is 0 Å². The molecule has 2 aromatic rings. The molecule has 5 nitrogen and oxygen atoms in total. The molecule has 0 saturated carbocycles. The fourth-order valence-corrected chi connectivity index (χ4v) is 1.99. The van der Waals surface area contributed by atoms with Crippen molar-refractivity contribution >= 4 is 6.21 Å². The molecule has 0 aliphatic heterocycles. The Kier molecular flexibility index (Phi) is 3.32. The zero-order chi connectivity index (χ0) is 13.1. The van der Waals surface area contributed by atoms with Crippen LogP contribution in [-0.4, -0.2) is 20.8 Å². The molecule has 0 unspecified atom stereocenters. The fourth-order valence-electron chi connectivity index (χ4n) is 1.99. The topological polar surface area (TPSA) is 59.5 Å². The summed E-state index contributed by atoms with van der Waals surface area (Å²) >= 11 is 0. The third-order valence-electron chi connectivity index (χ3n) is 3.05. The molecule has 0 atom stereocenters. The second-order valence-corrected chi connectivity index (χ2v) is 4.04. The highest BCUT2D eigenvalue weighted by Gasteiger charge is 2.14. The van der Waals surface area contributed by atoms with Gasteiger partial charge in [-0.25, -0.2) is 4.68 Å². The van der Waals surface area contributed by atoms with Crippen LogP contribution in [0.2, 0.25) is 0 Å². The third kappa shape index (κ3) is 1.95. The summed E-state index contributed by atoms with van der Waals surface area (Å²) < 4.78 is 3.41. The van der Waals surface area contributed by atoms with Crippen LogP contribution in [0.5, 0.6) is 0 Å². The molecule has 1 aromatic heterocycles. The minimum absolute atomic E-state index is 0.0823. The Morgan fingerprint density at radius 1 is 1.33 bits per heavy atom. The van der Waals surface area contributed by atoms with E-state index in [0.717, 1.165) is 11.4 Å². The zero-order valence-corrected chi connectivity index (χ0v) is 10.4. The van der Waals surface area contributed by atoms with Gasteiger partial charge in [-0.3, -0.25) is 9.48 Å². The molecule has 1 heterocycles. The van der Waals surface area contributed by atoms with Crippen LogP contribution in [0.4, 0.5) is 0 Å². The first kappa shape index (κ1) is 12.2. The Hall–Kier alpha value is -2.30. The number of rotatable bonds is 3. The van der Waals surface area contributed by atoms with E-state index >= 15 is 0 Å². The smallest absolute Gasteiger partial charge is 0.275 e. The molecular weight excluding hydrogens is 230 g/mol. The maximum Gasteiger partial charge on any atom is 0.275 e. The summed E-state index contributed by atoms with van der Waals surface area (Å²) in [6, 6.07) is 9.44. The van der Waals surface area contributed by atoms with E-state index in [2.05, 4.69) is 5.16 Å². The Bertz CT molecular complexity index is 624. The molecule has 0 aliphatic rings. The maximum absolute atomic E-state index is 12.3. The second kappa shape index (κ2) is 4.91. The highest BCUT2D eigenvalue weighted by atomic mass is 16.4. The molecule has 2 rings (SSSR count). The van der Waals surface area contributed by atoms with Gasteiger partial charge in [-0.2, -0.15) is 0 Å². The van der Waals surface area contributed by atoms with Crippen molar-refractivity contribution in [2.75, 3.05) is 0 Å². The summed E-state index contributed by atoms with van der Waals surface area (Å²) in [5.41, 5.74) is 2.24. The molecule has 0 fully saturated rings. The van der Waals surface area contributed by atoms with Crippen LogP contribution in [0.15, 0.2) is 40.3 Å². The molecule has 18 heavy (non-hydrogen) atoms. The van der Waals surface area contributed by atoms with Gasteiger partial charge < -0.3 is 5.21 Å². The predicted octanol–water partition coefficient (Wildman–Crippen LogP) is 1.49. The lowest BCUT2D eigenvalue weighted by Gasteiger charge is -2.07. The number of oxime groups is 1. The van der Waals surface area contributed by atoms with Crippen molar-refractivity contribution in [3.8, 4) is 5.69 Å². The summed E-state index contributed by atoms with van der Waals surface area (Å²) in [6.07, 6.45) is 1.65. The molecule has 1 N–H and O–H groups in total. The van der Waals surface area contributed by atoms with Gasteiger partial charge >= 0.3 is 0 Å². The van der Waals surface area contributed by atoms with Gasteiger partial charge in [0.15, 0.2) is 0 Å². The van der Waals surface area contributed by atoms with Gasteiger partial charge in [0.1, 0.15) is 0 Å². The molecule has 1 aromatic carbocycles. The van der Waals surface area contributed by atoms with Crippen LogP contribution >= 0.6 is 0 Å². The lowest BCUT2D eigenvalue weighted by Crippen LogP contribution is -2.21. The van der Waals surface area contributed by atoms with E-state index < -0.39 is 0 Å². The highest BCUT2D eigenvalue weighted by Crippen LogP contribution is 2.09. The molecular formula is C13H15N3O2. The first-order chi connectivity index (χ1) is 8.66. The van der Waals surface area contributed by atoms with Crippen LogP contribution in [0.25, 0.3) is 5.69 Å². The van der Waals surface area contributed by atoms with Crippen molar-refractivity contribution in [3.63, 3.8) is 0 Å². The summed E-state index contributed by atoms with van der Waals surface area (Å²) in [4.78, 5) is 12.3. The monoisotopic (exact) mass is 245 g/mol. The van der Waals surface area contributed by atoms with Gasteiger partial charge in [-0.1, -0.05) is 18.2 Å². The Labute approximate surface area is 105 Å². The minimum atomic E-state index is -0.0823. The maximum atomic E-state index is 12.3. The number of nitrogens with zero attached hydrogens (tertiary/aromatic N) is 3. The minimum Gasteiger partial charge on any atom is -0.411 e. The van der Waals surface area contributed by atoms with Crippen molar-refractivity contribution in [2.45, 2.75) is 13.3 Å². The van der Waals surface area contributed by atoms with E-state index in [-0.39, 0.29) is 5.56 Å². The largest absolute Gasteiger partial charge is 0.411 e. The summed E-state index contributed by atoms with van der Waals surface area (Å²) in [5, 5.41) is 11.4. The van der Waals surface area contributed by atoms with E-state index in [9.17, 15) is 4.79 Å². The van der Waals surface area contributed by atoms with Crippen molar-refractivity contribution in [3.05, 3.63) is 51.9 Å².